The molecule has 2 aromatic carbocycles. The smallest absolute Gasteiger partial charge is 0.338 e. The van der Waals surface area contributed by atoms with Gasteiger partial charge >= 0.3 is 5.97 Å². The van der Waals surface area contributed by atoms with Gasteiger partial charge in [0.2, 0.25) is 11.8 Å². The van der Waals surface area contributed by atoms with Crippen LogP contribution in [0.1, 0.15) is 34.8 Å². The number of nitrogens with one attached hydrogen (secondary N) is 1. The topological polar surface area (TPSA) is 92.8 Å². The molecule has 34 heavy (non-hydrogen) atoms. The van der Waals surface area contributed by atoms with E-state index in [0.29, 0.717) is 11.4 Å². The van der Waals surface area contributed by atoms with Crippen molar-refractivity contribution in [2.24, 2.45) is 23.7 Å². The molecule has 5 rings (SSSR count). The van der Waals surface area contributed by atoms with E-state index in [2.05, 4.69) is 11.4 Å². The number of rotatable bonds is 5. The predicted molar refractivity (Wildman–Crippen MR) is 126 cm³/mol. The molecule has 2 fully saturated rings. The summed E-state index contributed by atoms with van der Waals surface area (Å²) in [5.74, 6) is -1.67. The van der Waals surface area contributed by atoms with Crippen LogP contribution in [0.4, 0.5) is 11.4 Å². The minimum Gasteiger partial charge on any atom is -0.452 e. The van der Waals surface area contributed by atoms with E-state index in [4.69, 9.17) is 4.74 Å². The van der Waals surface area contributed by atoms with Crippen LogP contribution in [0.3, 0.4) is 0 Å². The fraction of sp³-hybridized carbons (Fsp3) is 0.333. The molecule has 1 heterocycles. The van der Waals surface area contributed by atoms with Gasteiger partial charge in [-0.2, -0.15) is 0 Å². The number of carbonyl (C=O) groups is 4. The van der Waals surface area contributed by atoms with Gasteiger partial charge in [-0.1, -0.05) is 23.8 Å². The SMILES string of the molecule is CC1=C[C@H]2C[C@H]1[C@H]1C(=O)N(c3ccc(C(=O)OCC(=O)Nc4cc(C)ccc4C)cc3)C(=O)[C@@H]12. The van der Waals surface area contributed by atoms with Gasteiger partial charge in [-0.25, -0.2) is 4.79 Å². The molecule has 1 aliphatic heterocycles. The van der Waals surface area contributed by atoms with Crippen molar-refractivity contribution in [3.8, 4) is 0 Å². The lowest BCUT2D eigenvalue weighted by Gasteiger charge is -2.19. The molecule has 7 nitrogen and oxygen atoms in total. The molecule has 2 bridgehead atoms. The van der Waals surface area contributed by atoms with E-state index in [1.807, 2.05) is 39.0 Å². The third kappa shape index (κ3) is 3.61. The Morgan fingerprint density at radius 3 is 2.44 bits per heavy atom. The summed E-state index contributed by atoms with van der Waals surface area (Å²) in [6.07, 6.45) is 3.02. The average Bonchev–Trinajstić information content (AvgIpc) is 3.45. The van der Waals surface area contributed by atoms with Crippen molar-refractivity contribution in [3.05, 3.63) is 70.8 Å². The van der Waals surface area contributed by atoms with Gasteiger partial charge in [0.05, 0.1) is 23.1 Å². The summed E-state index contributed by atoms with van der Waals surface area (Å²) in [6, 6.07) is 11.9. The van der Waals surface area contributed by atoms with Gasteiger partial charge in [0.15, 0.2) is 6.61 Å². The summed E-state index contributed by atoms with van der Waals surface area (Å²) in [6.45, 7) is 5.42. The number of anilines is 2. The summed E-state index contributed by atoms with van der Waals surface area (Å²) in [7, 11) is 0. The Kier molecular flexibility index (Phi) is 5.35. The second-order valence-electron chi connectivity index (χ2n) is 9.47. The molecule has 0 spiro atoms. The zero-order valence-electron chi connectivity index (χ0n) is 19.3. The molecule has 1 saturated carbocycles. The van der Waals surface area contributed by atoms with Crippen molar-refractivity contribution >= 4 is 35.1 Å². The summed E-state index contributed by atoms with van der Waals surface area (Å²) >= 11 is 0. The Bertz CT molecular complexity index is 1250. The first-order valence-corrected chi connectivity index (χ1v) is 11.4. The van der Waals surface area contributed by atoms with Gasteiger partial charge in [-0.05, 0) is 80.5 Å². The number of hydrogen-bond donors (Lipinski definition) is 1. The Morgan fingerprint density at radius 2 is 1.71 bits per heavy atom. The zero-order chi connectivity index (χ0) is 24.1. The predicted octanol–water partition coefficient (Wildman–Crippen LogP) is 3.80. The van der Waals surface area contributed by atoms with E-state index in [9.17, 15) is 19.2 Å². The number of fused-ring (bicyclic) bond motifs is 5. The maximum atomic E-state index is 13.1. The summed E-state index contributed by atoms with van der Waals surface area (Å²) in [4.78, 5) is 52.0. The molecule has 174 valence electrons. The second kappa shape index (κ2) is 8.24. The maximum absolute atomic E-state index is 13.1. The van der Waals surface area contributed by atoms with Crippen LogP contribution in [-0.4, -0.2) is 30.3 Å². The third-order valence-corrected chi connectivity index (χ3v) is 7.24. The number of aryl methyl sites for hydroxylation is 2. The number of ether oxygens (including phenoxy) is 1. The molecule has 1 N–H and O–H groups in total. The van der Waals surface area contributed by atoms with E-state index in [-0.39, 0.29) is 41.0 Å². The minimum absolute atomic E-state index is 0.139. The average molecular weight is 459 g/mol. The molecule has 0 radical (unpaired) electrons. The number of benzene rings is 2. The lowest BCUT2D eigenvalue weighted by atomic mass is 9.82. The van der Waals surface area contributed by atoms with Crippen LogP contribution in [-0.2, 0) is 19.1 Å². The molecule has 0 unspecified atom stereocenters. The highest BCUT2D eigenvalue weighted by molar-refractivity contribution is 6.23. The highest BCUT2D eigenvalue weighted by Gasteiger charge is 2.60. The number of allylic oxidation sites excluding steroid dienone is 2. The highest BCUT2D eigenvalue weighted by Crippen LogP contribution is 2.55. The van der Waals surface area contributed by atoms with Crippen molar-refractivity contribution in [2.45, 2.75) is 27.2 Å². The molecule has 2 aromatic rings. The fourth-order valence-corrected chi connectivity index (χ4v) is 5.55. The van der Waals surface area contributed by atoms with Gasteiger partial charge in [-0.15, -0.1) is 0 Å². The molecule has 3 aliphatic rings. The van der Waals surface area contributed by atoms with Crippen LogP contribution < -0.4 is 10.2 Å². The Morgan fingerprint density at radius 1 is 1.00 bits per heavy atom. The summed E-state index contributed by atoms with van der Waals surface area (Å²) in [5.41, 5.74) is 4.49. The molecular weight excluding hydrogens is 432 g/mol. The van der Waals surface area contributed by atoms with E-state index in [0.717, 1.165) is 17.5 Å². The Labute approximate surface area is 197 Å². The van der Waals surface area contributed by atoms with Crippen molar-refractivity contribution in [1.29, 1.82) is 0 Å². The molecule has 7 heteroatoms. The van der Waals surface area contributed by atoms with Gasteiger partial charge in [-0.3, -0.25) is 19.3 Å². The number of amides is 3. The van der Waals surface area contributed by atoms with Crippen LogP contribution >= 0.6 is 0 Å². The van der Waals surface area contributed by atoms with Gasteiger partial charge < -0.3 is 10.1 Å². The van der Waals surface area contributed by atoms with Crippen LogP contribution in [0.25, 0.3) is 0 Å². The normalized spacial score (nSPS) is 24.8. The monoisotopic (exact) mass is 458 g/mol. The third-order valence-electron chi connectivity index (χ3n) is 7.24. The Balaban J connectivity index is 1.21. The first-order chi connectivity index (χ1) is 16.2. The van der Waals surface area contributed by atoms with Gasteiger partial charge in [0.25, 0.3) is 5.91 Å². The highest BCUT2D eigenvalue weighted by atomic mass is 16.5. The molecule has 1 saturated heterocycles. The Hall–Kier alpha value is -3.74. The maximum Gasteiger partial charge on any atom is 0.338 e. The molecule has 2 aliphatic carbocycles. The van der Waals surface area contributed by atoms with Crippen LogP contribution in [0, 0.1) is 37.5 Å². The van der Waals surface area contributed by atoms with E-state index >= 15 is 0 Å². The van der Waals surface area contributed by atoms with E-state index in [1.54, 1.807) is 12.1 Å². The largest absolute Gasteiger partial charge is 0.452 e. The number of carbonyl (C=O) groups excluding carboxylic acids is 4. The van der Waals surface area contributed by atoms with Crippen molar-refractivity contribution in [1.82, 2.24) is 0 Å². The van der Waals surface area contributed by atoms with E-state index in [1.165, 1.54) is 22.6 Å². The lowest BCUT2D eigenvalue weighted by molar-refractivity contribution is -0.123. The first-order valence-electron chi connectivity index (χ1n) is 11.4. The number of esters is 1. The number of hydrogen-bond acceptors (Lipinski definition) is 5. The lowest BCUT2D eigenvalue weighted by Crippen LogP contribution is -2.33. The van der Waals surface area contributed by atoms with Crippen LogP contribution in [0.5, 0.6) is 0 Å². The first kappa shape index (κ1) is 22.1. The molecule has 3 amide bonds. The summed E-state index contributed by atoms with van der Waals surface area (Å²) < 4.78 is 5.14. The fourth-order valence-electron chi connectivity index (χ4n) is 5.55. The van der Waals surface area contributed by atoms with Gasteiger partial charge in [0.1, 0.15) is 0 Å². The molecule has 4 atom stereocenters. The number of nitrogens with zero attached hydrogens (tertiary/aromatic N) is 1. The van der Waals surface area contributed by atoms with Crippen molar-refractivity contribution in [3.63, 3.8) is 0 Å². The standard InChI is InChI=1S/C27H26N2O5/c1-14-4-5-15(2)21(10-14)28-22(30)13-34-27(33)17-6-8-19(9-7-17)29-25(31)23-18-11-16(3)20(12-18)24(23)26(29)32/h4-11,18,20,23-24H,12-13H2,1-3H3,(H,28,30)/t18-,20+,23+,24+/m0/s1. The molecule has 0 aromatic heterocycles. The summed E-state index contributed by atoms with van der Waals surface area (Å²) in [5, 5.41) is 2.75. The van der Waals surface area contributed by atoms with Gasteiger partial charge in [0, 0.05) is 5.69 Å². The minimum atomic E-state index is -0.656. The zero-order valence-corrected chi connectivity index (χ0v) is 19.3. The van der Waals surface area contributed by atoms with Crippen LogP contribution in [0.15, 0.2) is 54.1 Å². The second-order valence-corrected chi connectivity index (χ2v) is 9.47. The van der Waals surface area contributed by atoms with Crippen molar-refractivity contribution < 1.29 is 23.9 Å². The van der Waals surface area contributed by atoms with E-state index < -0.39 is 18.5 Å². The van der Waals surface area contributed by atoms with Crippen LogP contribution in [0.2, 0.25) is 0 Å². The number of imide groups is 1. The molecular formula is C27H26N2O5. The quantitative estimate of drug-likeness (QED) is 0.418. The van der Waals surface area contributed by atoms with Crippen molar-refractivity contribution in [2.75, 3.05) is 16.8 Å².